The van der Waals surface area contributed by atoms with Crippen LogP contribution in [0, 0.1) is 5.92 Å². The van der Waals surface area contributed by atoms with E-state index in [1.165, 1.54) is 18.4 Å². The van der Waals surface area contributed by atoms with Crippen LogP contribution in [0.2, 0.25) is 5.02 Å². The summed E-state index contributed by atoms with van der Waals surface area (Å²) in [5.74, 6) is 2.09. The second-order valence-electron chi connectivity index (χ2n) is 6.47. The molecule has 1 aromatic rings. The standard InChI is InChI=1S/C17H24ClNO2/c1-12(2)17(5-3-6-19-17)11-13-9-14(18)16-15(10-13)20-7-4-8-21-16/h9-10,12,19H,3-8,11H2,1-2H3. The molecule has 0 aliphatic carbocycles. The Morgan fingerprint density at radius 2 is 2.05 bits per heavy atom. The molecule has 0 bridgehead atoms. The van der Waals surface area contributed by atoms with Gasteiger partial charge in [0, 0.05) is 12.0 Å². The third-order valence-electron chi connectivity index (χ3n) is 4.76. The first kappa shape index (κ1) is 15.0. The average molecular weight is 310 g/mol. The minimum absolute atomic E-state index is 0.184. The second kappa shape index (κ2) is 6.05. The SMILES string of the molecule is CC(C)C1(Cc2cc(Cl)c3c(c2)OCCCO3)CCCN1. The summed E-state index contributed by atoms with van der Waals surface area (Å²) in [6.07, 6.45) is 4.35. The molecule has 1 N–H and O–H groups in total. The van der Waals surface area contributed by atoms with Gasteiger partial charge in [-0.3, -0.25) is 0 Å². The van der Waals surface area contributed by atoms with Crippen molar-refractivity contribution in [1.82, 2.24) is 5.32 Å². The van der Waals surface area contributed by atoms with E-state index >= 15 is 0 Å². The van der Waals surface area contributed by atoms with Crippen molar-refractivity contribution in [2.75, 3.05) is 19.8 Å². The maximum atomic E-state index is 6.40. The largest absolute Gasteiger partial charge is 0.489 e. The van der Waals surface area contributed by atoms with E-state index in [1.54, 1.807) is 0 Å². The quantitative estimate of drug-likeness (QED) is 0.920. The molecule has 1 aromatic carbocycles. The zero-order chi connectivity index (χ0) is 14.9. The Hall–Kier alpha value is -0.930. The van der Waals surface area contributed by atoms with Crippen molar-refractivity contribution in [3.05, 3.63) is 22.7 Å². The molecule has 2 aliphatic heterocycles. The van der Waals surface area contributed by atoms with Crippen LogP contribution in [-0.4, -0.2) is 25.3 Å². The summed E-state index contributed by atoms with van der Waals surface area (Å²) in [4.78, 5) is 0. The molecule has 3 nitrogen and oxygen atoms in total. The van der Waals surface area contributed by atoms with Gasteiger partial charge in [-0.15, -0.1) is 0 Å². The van der Waals surface area contributed by atoms with Gasteiger partial charge in [0.1, 0.15) is 0 Å². The molecule has 2 aliphatic rings. The molecule has 0 radical (unpaired) electrons. The lowest BCUT2D eigenvalue weighted by atomic mass is 9.80. The molecule has 21 heavy (non-hydrogen) atoms. The molecule has 1 fully saturated rings. The number of ether oxygens (including phenoxy) is 2. The predicted molar refractivity (Wildman–Crippen MR) is 85.6 cm³/mol. The van der Waals surface area contributed by atoms with Gasteiger partial charge in [-0.1, -0.05) is 25.4 Å². The zero-order valence-electron chi connectivity index (χ0n) is 12.9. The van der Waals surface area contributed by atoms with Gasteiger partial charge in [-0.05, 0) is 49.4 Å². The fourth-order valence-corrected chi connectivity index (χ4v) is 3.72. The van der Waals surface area contributed by atoms with Crippen molar-refractivity contribution < 1.29 is 9.47 Å². The highest BCUT2D eigenvalue weighted by molar-refractivity contribution is 6.32. The Kier molecular flexibility index (Phi) is 4.32. The van der Waals surface area contributed by atoms with Crippen molar-refractivity contribution in [3.8, 4) is 11.5 Å². The summed E-state index contributed by atoms with van der Waals surface area (Å²) in [6.45, 7) is 7.06. The van der Waals surface area contributed by atoms with Gasteiger partial charge in [0.2, 0.25) is 0 Å². The van der Waals surface area contributed by atoms with E-state index in [0.29, 0.717) is 29.9 Å². The lowest BCUT2D eigenvalue weighted by Crippen LogP contribution is -2.46. The Labute approximate surface area is 132 Å². The van der Waals surface area contributed by atoms with Gasteiger partial charge in [-0.25, -0.2) is 0 Å². The molecule has 1 atom stereocenters. The molecule has 4 heteroatoms. The lowest BCUT2D eigenvalue weighted by molar-refractivity contribution is 0.268. The topological polar surface area (TPSA) is 30.5 Å². The van der Waals surface area contributed by atoms with Gasteiger partial charge in [0.05, 0.1) is 18.2 Å². The number of benzene rings is 1. The van der Waals surface area contributed by atoms with E-state index in [9.17, 15) is 0 Å². The first-order valence-electron chi connectivity index (χ1n) is 7.94. The number of hydrogen-bond acceptors (Lipinski definition) is 3. The Morgan fingerprint density at radius 3 is 2.76 bits per heavy atom. The molecule has 1 saturated heterocycles. The highest BCUT2D eigenvalue weighted by Gasteiger charge is 2.36. The molecular weight excluding hydrogens is 286 g/mol. The number of fused-ring (bicyclic) bond motifs is 1. The van der Waals surface area contributed by atoms with Crippen molar-refractivity contribution >= 4 is 11.6 Å². The summed E-state index contributed by atoms with van der Waals surface area (Å²) in [7, 11) is 0. The predicted octanol–water partition coefficient (Wildman–Crippen LogP) is 3.82. The number of rotatable bonds is 3. The molecule has 0 amide bonds. The van der Waals surface area contributed by atoms with Crippen LogP contribution in [0.25, 0.3) is 0 Å². The van der Waals surface area contributed by atoms with Crippen LogP contribution in [0.4, 0.5) is 0 Å². The molecule has 0 spiro atoms. The fourth-order valence-electron chi connectivity index (χ4n) is 3.43. The highest BCUT2D eigenvalue weighted by atomic mass is 35.5. The van der Waals surface area contributed by atoms with Crippen LogP contribution >= 0.6 is 11.6 Å². The first-order chi connectivity index (χ1) is 10.1. The van der Waals surface area contributed by atoms with Crippen molar-refractivity contribution in [3.63, 3.8) is 0 Å². The average Bonchev–Trinajstić information content (AvgIpc) is 2.78. The molecule has 3 rings (SSSR count). The van der Waals surface area contributed by atoms with Crippen LogP contribution in [0.15, 0.2) is 12.1 Å². The molecular formula is C17H24ClNO2. The third kappa shape index (κ3) is 3.00. The van der Waals surface area contributed by atoms with Gasteiger partial charge in [-0.2, -0.15) is 0 Å². The Balaban J connectivity index is 1.89. The van der Waals surface area contributed by atoms with E-state index in [1.807, 2.05) is 6.07 Å². The molecule has 2 heterocycles. The van der Waals surface area contributed by atoms with E-state index in [0.717, 1.165) is 25.1 Å². The van der Waals surface area contributed by atoms with Crippen molar-refractivity contribution in [2.45, 2.75) is 45.1 Å². The highest BCUT2D eigenvalue weighted by Crippen LogP contribution is 2.40. The third-order valence-corrected chi connectivity index (χ3v) is 5.04. The second-order valence-corrected chi connectivity index (χ2v) is 6.88. The molecule has 0 aromatic heterocycles. The van der Waals surface area contributed by atoms with Crippen LogP contribution in [0.1, 0.15) is 38.7 Å². The van der Waals surface area contributed by atoms with Crippen molar-refractivity contribution in [2.24, 2.45) is 5.92 Å². The summed E-state index contributed by atoms with van der Waals surface area (Å²) in [6, 6.07) is 4.15. The van der Waals surface area contributed by atoms with Crippen LogP contribution in [0.3, 0.4) is 0 Å². The molecule has 116 valence electrons. The lowest BCUT2D eigenvalue weighted by Gasteiger charge is -2.34. The van der Waals surface area contributed by atoms with E-state index < -0.39 is 0 Å². The van der Waals surface area contributed by atoms with E-state index in [-0.39, 0.29) is 5.54 Å². The summed E-state index contributed by atoms with van der Waals surface area (Å²) in [5.41, 5.74) is 1.41. The zero-order valence-corrected chi connectivity index (χ0v) is 13.6. The van der Waals surface area contributed by atoms with Crippen molar-refractivity contribution in [1.29, 1.82) is 0 Å². The Morgan fingerprint density at radius 1 is 1.24 bits per heavy atom. The van der Waals surface area contributed by atoms with Crippen LogP contribution in [-0.2, 0) is 6.42 Å². The summed E-state index contributed by atoms with van der Waals surface area (Å²) >= 11 is 6.40. The number of halogens is 1. The van der Waals surface area contributed by atoms with Gasteiger partial charge < -0.3 is 14.8 Å². The monoisotopic (exact) mass is 309 g/mol. The van der Waals surface area contributed by atoms with Gasteiger partial charge in [0.25, 0.3) is 0 Å². The first-order valence-corrected chi connectivity index (χ1v) is 8.31. The van der Waals surface area contributed by atoms with E-state index in [4.69, 9.17) is 21.1 Å². The van der Waals surface area contributed by atoms with Crippen LogP contribution in [0.5, 0.6) is 11.5 Å². The molecule has 0 saturated carbocycles. The van der Waals surface area contributed by atoms with Crippen LogP contribution < -0.4 is 14.8 Å². The minimum Gasteiger partial charge on any atom is -0.489 e. The normalized spacial score (nSPS) is 25.1. The van der Waals surface area contributed by atoms with Gasteiger partial charge in [0.15, 0.2) is 11.5 Å². The van der Waals surface area contributed by atoms with E-state index in [2.05, 4.69) is 25.2 Å². The smallest absolute Gasteiger partial charge is 0.179 e. The number of nitrogens with one attached hydrogen (secondary N) is 1. The maximum Gasteiger partial charge on any atom is 0.179 e. The fraction of sp³-hybridized carbons (Fsp3) is 0.647. The molecule has 1 unspecified atom stereocenters. The summed E-state index contributed by atoms with van der Waals surface area (Å²) in [5, 5.41) is 4.38. The Bertz CT molecular complexity index is 510. The minimum atomic E-state index is 0.184. The summed E-state index contributed by atoms with van der Waals surface area (Å²) < 4.78 is 11.5. The number of hydrogen-bond donors (Lipinski definition) is 1. The maximum absolute atomic E-state index is 6.40. The van der Waals surface area contributed by atoms with Gasteiger partial charge >= 0.3 is 0 Å².